The predicted molar refractivity (Wildman–Crippen MR) is 141 cm³/mol. The quantitative estimate of drug-likeness (QED) is 0.390. The molecule has 0 radical (unpaired) electrons. The van der Waals surface area contributed by atoms with Crippen LogP contribution < -0.4 is 16.6 Å². The Hall–Kier alpha value is -4.31. The molecule has 0 bridgehead atoms. The summed E-state index contributed by atoms with van der Waals surface area (Å²) in [5, 5.41) is 12.4. The molecule has 10 heteroatoms. The van der Waals surface area contributed by atoms with Crippen LogP contribution in [0.15, 0.2) is 82.6 Å². The van der Waals surface area contributed by atoms with Gasteiger partial charge in [0.25, 0.3) is 5.56 Å². The smallest absolute Gasteiger partial charge is 0.333 e. The van der Waals surface area contributed by atoms with E-state index in [9.17, 15) is 14.4 Å². The summed E-state index contributed by atoms with van der Waals surface area (Å²) < 4.78 is 2.81. The normalized spacial score (nSPS) is 17.5. The van der Waals surface area contributed by atoms with Crippen molar-refractivity contribution in [3.8, 4) is 5.00 Å². The molecule has 5 aromatic rings. The van der Waals surface area contributed by atoms with Gasteiger partial charge < -0.3 is 5.32 Å². The second kappa shape index (κ2) is 8.67. The summed E-state index contributed by atoms with van der Waals surface area (Å²) in [5.41, 5.74) is 0.103. The van der Waals surface area contributed by atoms with Crippen molar-refractivity contribution >= 4 is 27.5 Å². The molecule has 6 rings (SSSR count). The van der Waals surface area contributed by atoms with Crippen LogP contribution in [-0.4, -0.2) is 36.6 Å². The van der Waals surface area contributed by atoms with Crippen molar-refractivity contribution in [2.45, 2.75) is 31.8 Å². The van der Waals surface area contributed by atoms with Crippen LogP contribution in [0.25, 0.3) is 15.2 Å². The van der Waals surface area contributed by atoms with Crippen molar-refractivity contribution < 1.29 is 4.79 Å². The fourth-order valence-electron chi connectivity index (χ4n) is 5.17. The summed E-state index contributed by atoms with van der Waals surface area (Å²) in [6.45, 7) is 3.88. The van der Waals surface area contributed by atoms with E-state index in [-0.39, 0.29) is 5.91 Å². The maximum absolute atomic E-state index is 14.5. The second-order valence-corrected chi connectivity index (χ2v) is 10.3. The highest BCUT2D eigenvalue weighted by Crippen LogP contribution is 2.36. The predicted octanol–water partition coefficient (Wildman–Crippen LogP) is 2.99. The molecular weight excluding hydrogens is 488 g/mol. The molecule has 1 aliphatic rings. The van der Waals surface area contributed by atoms with E-state index < -0.39 is 22.8 Å². The van der Waals surface area contributed by atoms with Crippen LogP contribution >= 0.6 is 11.3 Å². The lowest BCUT2D eigenvalue weighted by molar-refractivity contribution is -0.126. The van der Waals surface area contributed by atoms with Crippen LogP contribution in [0.3, 0.4) is 0 Å². The standard InChI is InChI=1S/C27H24N6O3S/c1-17-20-22(34)32(27(2)13-14-28-25(27)35)26(36)31(24(20)37-23(17)33-29-15-16-30-33)21(18-9-5-3-6-10-18)19-11-7-4-8-12-19/h3-12,15-16,21H,13-14H2,1-2H3,(H,28,35)/t27-/m0/s1. The topological polar surface area (TPSA) is 104 Å². The van der Waals surface area contributed by atoms with Crippen molar-refractivity contribution in [2.24, 2.45) is 0 Å². The van der Waals surface area contributed by atoms with Crippen molar-refractivity contribution in [2.75, 3.05) is 6.54 Å². The molecule has 0 saturated carbocycles. The number of aromatic nitrogens is 5. The minimum absolute atomic E-state index is 0.338. The number of carbonyl (C=O) groups is 1. The van der Waals surface area contributed by atoms with Gasteiger partial charge in [0.2, 0.25) is 5.91 Å². The minimum atomic E-state index is -1.31. The average Bonchev–Trinajstić information content (AvgIpc) is 3.63. The van der Waals surface area contributed by atoms with Gasteiger partial charge in [-0.15, -0.1) is 4.80 Å². The number of benzene rings is 2. The van der Waals surface area contributed by atoms with Crippen molar-refractivity contribution in [3.05, 3.63) is 111 Å². The first-order valence-corrected chi connectivity index (χ1v) is 12.8. The molecule has 4 heterocycles. The molecule has 1 saturated heterocycles. The molecular formula is C27H24N6O3S. The minimum Gasteiger partial charge on any atom is -0.354 e. The Kier molecular flexibility index (Phi) is 5.41. The Morgan fingerprint density at radius 2 is 1.54 bits per heavy atom. The third-order valence-electron chi connectivity index (χ3n) is 7.11. The van der Waals surface area contributed by atoms with Gasteiger partial charge in [-0.05, 0) is 31.4 Å². The molecule has 1 N–H and O–H groups in total. The molecule has 0 aliphatic carbocycles. The van der Waals surface area contributed by atoms with E-state index in [2.05, 4.69) is 15.5 Å². The van der Waals surface area contributed by atoms with Crippen LogP contribution in [0.2, 0.25) is 0 Å². The number of rotatable bonds is 5. The number of nitrogens with zero attached hydrogens (tertiary/aromatic N) is 5. The van der Waals surface area contributed by atoms with Gasteiger partial charge in [-0.25, -0.2) is 9.36 Å². The molecule has 2 aromatic carbocycles. The molecule has 1 amide bonds. The first-order chi connectivity index (χ1) is 17.9. The van der Waals surface area contributed by atoms with Gasteiger partial charge in [-0.1, -0.05) is 72.0 Å². The second-order valence-electron chi connectivity index (χ2n) is 9.33. The van der Waals surface area contributed by atoms with E-state index in [0.29, 0.717) is 33.7 Å². The zero-order valence-electron chi connectivity index (χ0n) is 20.3. The number of nitrogens with one attached hydrogen (secondary N) is 1. The average molecular weight is 513 g/mol. The lowest BCUT2D eigenvalue weighted by atomic mass is 9.97. The monoisotopic (exact) mass is 512 g/mol. The highest BCUT2D eigenvalue weighted by atomic mass is 32.1. The summed E-state index contributed by atoms with van der Waals surface area (Å²) in [4.78, 5) is 43.5. The van der Waals surface area contributed by atoms with E-state index in [1.807, 2.05) is 67.6 Å². The highest BCUT2D eigenvalue weighted by molar-refractivity contribution is 7.21. The van der Waals surface area contributed by atoms with Crippen LogP contribution in [-0.2, 0) is 10.3 Å². The number of carbonyl (C=O) groups excluding carboxylic acids is 1. The van der Waals surface area contributed by atoms with Crippen LogP contribution in [0.5, 0.6) is 0 Å². The van der Waals surface area contributed by atoms with Crippen molar-refractivity contribution in [3.63, 3.8) is 0 Å². The number of hydrogen-bond acceptors (Lipinski definition) is 6. The van der Waals surface area contributed by atoms with Crippen molar-refractivity contribution in [1.82, 2.24) is 29.4 Å². The number of aryl methyl sites for hydroxylation is 1. The van der Waals surface area contributed by atoms with Gasteiger partial charge in [-0.3, -0.25) is 14.2 Å². The molecule has 3 aromatic heterocycles. The van der Waals surface area contributed by atoms with Gasteiger partial charge in [0, 0.05) is 12.1 Å². The zero-order valence-corrected chi connectivity index (χ0v) is 21.1. The summed E-state index contributed by atoms with van der Waals surface area (Å²) in [7, 11) is 0. The van der Waals surface area contributed by atoms with E-state index in [0.717, 1.165) is 15.7 Å². The van der Waals surface area contributed by atoms with Gasteiger partial charge >= 0.3 is 5.69 Å². The number of amides is 1. The summed E-state index contributed by atoms with van der Waals surface area (Å²) >= 11 is 1.29. The molecule has 0 unspecified atom stereocenters. The Morgan fingerprint density at radius 1 is 0.946 bits per heavy atom. The zero-order chi connectivity index (χ0) is 25.7. The van der Waals surface area contributed by atoms with E-state index >= 15 is 0 Å². The molecule has 1 fully saturated rings. The third-order valence-corrected chi connectivity index (χ3v) is 8.36. The van der Waals surface area contributed by atoms with Crippen LogP contribution in [0.4, 0.5) is 0 Å². The Labute approximate surface area is 215 Å². The lowest BCUT2D eigenvalue weighted by Gasteiger charge is -2.27. The summed E-state index contributed by atoms with van der Waals surface area (Å²) in [6, 6.07) is 18.9. The van der Waals surface area contributed by atoms with Crippen LogP contribution in [0, 0.1) is 6.92 Å². The van der Waals surface area contributed by atoms with Gasteiger partial charge in [-0.2, -0.15) is 10.2 Å². The maximum atomic E-state index is 14.5. The largest absolute Gasteiger partial charge is 0.354 e. The van der Waals surface area contributed by atoms with Crippen LogP contribution in [0.1, 0.15) is 36.1 Å². The number of hydrogen-bond donors (Lipinski definition) is 1. The molecule has 1 aliphatic heterocycles. The van der Waals surface area contributed by atoms with Crippen molar-refractivity contribution in [1.29, 1.82) is 0 Å². The van der Waals surface area contributed by atoms with E-state index in [1.165, 1.54) is 16.1 Å². The first kappa shape index (κ1) is 23.1. The molecule has 1 atom stereocenters. The van der Waals surface area contributed by atoms with E-state index in [1.54, 1.807) is 23.9 Å². The maximum Gasteiger partial charge on any atom is 0.333 e. The number of fused-ring (bicyclic) bond motifs is 1. The van der Waals surface area contributed by atoms with Gasteiger partial charge in [0.05, 0.1) is 23.8 Å². The Morgan fingerprint density at radius 3 is 2.08 bits per heavy atom. The Balaban J connectivity index is 1.79. The fourth-order valence-corrected chi connectivity index (χ4v) is 6.41. The van der Waals surface area contributed by atoms with Gasteiger partial charge in [0.1, 0.15) is 15.4 Å². The molecule has 186 valence electrons. The summed E-state index contributed by atoms with van der Waals surface area (Å²) in [6.07, 6.45) is 3.47. The SMILES string of the molecule is Cc1c(-n2nccn2)sc2c1c(=O)n([C@@]1(C)CCNC1=O)c(=O)n2C(c1ccccc1)c1ccccc1. The molecule has 37 heavy (non-hydrogen) atoms. The molecule has 0 spiro atoms. The van der Waals surface area contributed by atoms with Gasteiger partial charge in [0.15, 0.2) is 0 Å². The fraction of sp³-hybridized carbons (Fsp3) is 0.222. The Bertz CT molecular complexity index is 1700. The third kappa shape index (κ3) is 3.47. The molecule has 9 nitrogen and oxygen atoms in total. The summed E-state index contributed by atoms with van der Waals surface area (Å²) in [5.74, 6) is -0.338. The highest BCUT2D eigenvalue weighted by Gasteiger charge is 2.43. The number of thiophene rings is 1. The lowest BCUT2D eigenvalue weighted by Crippen LogP contribution is -2.54. The van der Waals surface area contributed by atoms with E-state index in [4.69, 9.17) is 0 Å². The first-order valence-electron chi connectivity index (χ1n) is 12.0.